The summed E-state index contributed by atoms with van der Waals surface area (Å²) in [5.41, 5.74) is 1.74. The third-order valence-electron chi connectivity index (χ3n) is 12.0. The second-order valence-electron chi connectivity index (χ2n) is 14.8. The fourth-order valence-corrected chi connectivity index (χ4v) is 9.46. The van der Waals surface area contributed by atoms with E-state index in [2.05, 4.69) is 53.5 Å². The Morgan fingerprint density at radius 2 is 1.78 bits per heavy atom. The van der Waals surface area contributed by atoms with E-state index in [0.29, 0.717) is 25.0 Å². The Kier molecular flexibility index (Phi) is 7.59. The predicted octanol–water partition coefficient (Wildman–Crippen LogP) is 5.58. The number of hydrogen-bond acceptors (Lipinski definition) is 7. The summed E-state index contributed by atoms with van der Waals surface area (Å²) in [6.45, 7) is 5.57. The molecule has 7 nitrogen and oxygen atoms in total. The highest BCUT2D eigenvalue weighted by molar-refractivity contribution is 5.63. The number of ether oxygens (including phenoxy) is 2. The molecule has 2 saturated carbocycles. The fourth-order valence-electron chi connectivity index (χ4n) is 9.46. The van der Waals surface area contributed by atoms with Gasteiger partial charge in [0, 0.05) is 24.6 Å². The van der Waals surface area contributed by atoms with E-state index in [1.807, 2.05) is 24.3 Å². The molecule has 6 atom stereocenters. The number of likely N-dealkylation sites (tertiary alicyclic amines) is 1. The molecule has 7 heteroatoms. The predicted molar refractivity (Wildman–Crippen MR) is 177 cm³/mol. The number of nitrogens with one attached hydrogen (secondary N) is 1. The van der Waals surface area contributed by atoms with Crippen LogP contribution in [0, 0.1) is 12.8 Å². The molecule has 0 aromatic heterocycles. The van der Waals surface area contributed by atoms with Crippen molar-refractivity contribution in [3.8, 4) is 17.2 Å². The summed E-state index contributed by atoms with van der Waals surface area (Å²) in [7, 11) is 0. The van der Waals surface area contributed by atoms with Gasteiger partial charge in [-0.1, -0.05) is 54.1 Å². The SMILES string of the molecule is Cc1ccc(OC(CCNCCC[C@]2(O)CC[C@@]3(O)[C@H]4Cc5ccc(O)c6c5[C@@]3(CCN4CC3CC3)C2O6)c2ccccc2)cc1. The standard InChI is InChI=1S/C39H48N2O5/c1-26-8-13-30(14-9-26)45-32(28-6-3-2-4-7-28)16-22-40-21-5-17-37(43)18-19-39(44)33-24-29-12-15-31(42)35-34(29)38(39,36(37)46-35)20-23-41(33)25-27-10-11-27/h2-4,6-9,12-15,27,32-33,36,40,42-44H,5,10-11,16-25H2,1H3/t32?,33-,36?,37+,38+,39-/m1/s1. The fraction of sp³-hybridized carbons (Fsp3) is 0.538. The molecule has 2 heterocycles. The molecule has 0 amide bonds. The van der Waals surface area contributed by atoms with Crippen molar-refractivity contribution >= 4 is 0 Å². The first-order chi connectivity index (χ1) is 22.3. The lowest BCUT2D eigenvalue weighted by atomic mass is 9.46. The summed E-state index contributed by atoms with van der Waals surface area (Å²) in [4.78, 5) is 2.54. The summed E-state index contributed by atoms with van der Waals surface area (Å²) in [6, 6.07) is 22.4. The minimum Gasteiger partial charge on any atom is -0.504 e. The lowest BCUT2D eigenvalue weighted by Gasteiger charge is -2.65. The maximum Gasteiger partial charge on any atom is 0.165 e. The Morgan fingerprint density at radius 3 is 2.57 bits per heavy atom. The summed E-state index contributed by atoms with van der Waals surface area (Å²) in [5.74, 6) is 2.23. The Bertz CT molecular complexity index is 1560. The largest absolute Gasteiger partial charge is 0.504 e. The molecular weight excluding hydrogens is 576 g/mol. The van der Waals surface area contributed by atoms with Crippen molar-refractivity contribution in [2.45, 2.75) is 99.6 Å². The second kappa shape index (κ2) is 11.6. The highest BCUT2D eigenvalue weighted by Gasteiger charge is 2.75. The van der Waals surface area contributed by atoms with E-state index in [0.717, 1.165) is 80.2 Å². The lowest BCUT2D eigenvalue weighted by Crippen LogP contribution is -2.79. The first-order valence-corrected chi connectivity index (χ1v) is 17.5. The molecule has 3 aromatic rings. The number of aryl methyl sites for hydroxylation is 1. The Hall–Kier alpha value is -3.10. The molecule has 2 unspecified atom stereocenters. The number of rotatable bonds is 12. The molecule has 1 saturated heterocycles. The van der Waals surface area contributed by atoms with E-state index >= 15 is 0 Å². The van der Waals surface area contributed by atoms with E-state index < -0.39 is 22.7 Å². The Balaban J connectivity index is 0.944. The molecular formula is C39H48N2O5. The molecule has 3 fully saturated rings. The average Bonchev–Trinajstić information content (AvgIpc) is 3.80. The van der Waals surface area contributed by atoms with Gasteiger partial charge in [-0.2, -0.15) is 0 Å². The van der Waals surface area contributed by atoms with Gasteiger partial charge >= 0.3 is 0 Å². The molecule has 8 rings (SSSR count). The van der Waals surface area contributed by atoms with Crippen molar-refractivity contribution in [1.29, 1.82) is 0 Å². The summed E-state index contributed by atoms with van der Waals surface area (Å²) < 4.78 is 13.0. The van der Waals surface area contributed by atoms with Crippen LogP contribution in [0.2, 0.25) is 0 Å². The van der Waals surface area contributed by atoms with Gasteiger partial charge in [0.15, 0.2) is 11.5 Å². The van der Waals surface area contributed by atoms with E-state index in [-0.39, 0.29) is 17.9 Å². The summed E-state index contributed by atoms with van der Waals surface area (Å²) in [6.07, 6.45) is 6.66. The van der Waals surface area contributed by atoms with Gasteiger partial charge in [0.2, 0.25) is 0 Å². The van der Waals surface area contributed by atoms with E-state index in [4.69, 9.17) is 9.47 Å². The highest BCUT2D eigenvalue weighted by atomic mass is 16.5. The third kappa shape index (κ3) is 4.93. The van der Waals surface area contributed by atoms with Crippen LogP contribution in [0.1, 0.15) is 79.7 Å². The molecule has 4 N–H and O–H groups in total. The molecule has 3 aliphatic carbocycles. The third-order valence-corrected chi connectivity index (χ3v) is 12.0. The van der Waals surface area contributed by atoms with Crippen LogP contribution < -0.4 is 14.8 Å². The molecule has 2 aliphatic heterocycles. The zero-order valence-electron chi connectivity index (χ0n) is 27.0. The maximum atomic E-state index is 12.7. The number of nitrogens with zero attached hydrogens (tertiary/aromatic N) is 1. The number of aliphatic hydroxyl groups is 2. The van der Waals surface area contributed by atoms with Crippen LogP contribution in [-0.2, 0) is 11.8 Å². The zero-order chi connectivity index (χ0) is 31.5. The molecule has 2 bridgehead atoms. The average molecular weight is 625 g/mol. The van der Waals surface area contributed by atoms with Crippen molar-refractivity contribution in [3.63, 3.8) is 0 Å². The Labute approximate surface area is 272 Å². The van der Waals surface area contributed by atoms with Crippen molar-refractivity contribution in [2.24, 2.45) is 5.92 Å². The van der Waals surface area contributed by atoms with Crippen molar-refractivity contribution in [3.05, 3.63) is 89.0 Å². The van der Waals surface area contributed by atoms with Crippen LogP contribution in [0.15, 0.2) is 66.7 Å². The smallest absolute Gasteiger partial charge is 0.165 e. The number of phenolic OH excluding ortho intramolecular Hbond substituents is 1. The molecule has 0 radical (unpaired) electrons. The number of phenols is 1. The van der Waals surface area contributed by atoms with Gasteiger partial charge in [0.1, 0.15) is 23.6 Å². The molecule has 1 spiro atoms. The Morgan fingerprint density at radius 1 is 0.978 bits per heavy atom. The molecule has 3 aromatic carbocycles. The van der Waals surface area contributed by atoms with E-state index in [9.17, 15) is 15.3 Å². The van der Waals surface area contributed by atoms with Gasteiger partial charge < -0.3 is 30.1 Å². The van der Waals surface area contributed by atoms with Gasteiger partial charge in [-0.3, -0.25) is 4.90 Å². The van der Waals surface area contributed by atoms with Crippen LogP contribution in [0.25, 0.3) is 0 Å². The summed E-state index contributed by atoms with van der Waals surface area (Å²) >= 11 is 0. The van der Waals surface area contributed by atoms with Crippen LogP contribution in [0.4, 0.5) is 0 Å². The van der Waals surface area contributed by atoms with Gasteiger partial charge in [-0.05, 0) is 113 Å². The van der Waals surface area contributed by atoms with Gasteiger partial charge in [-0.25, -0.2) is 0 Å². The lowest BCUT2D eigenvalue weighted by molar-refractivity contribution is -0.237. The van der Waals surface area contributed by atoms with Crippen LogP contribution in [0.5, 0.6) is 17.2 Å². The highest BCUT2D eigenvalue weighted by Crippen LogP contribution is 2.67. The van der Waals surface area contributed by atoms with Crippen molar-refractivity contribution in [1.82, 2.24) is 10.2 Å². The minimum absolute atomic E-state index is 0.0156. The molecule has 244 valence electrons. The van der Waals surface area contributed by atoms with E-state index in [1.165, 1.54) is 18.4 Å². The normalized spacial score (nSPS) is 31.6. The first-order valence-electron chi connectivity index (χ1n) is 17.5. The van der Waals surface area contributed by atoms with Crippen molar-refractivity contribution < 1.29 is 24.8 Å². The zero-order valence-corrected chi connectivity index (χ0v) is 27.0. The maximum absolute atomic E-state index is 12.7. The van der Waals surface area contributed by atoms with Crippen LogP contribution >= 0.6 is 0 Å². The monoisotopic (exact) mass is 624 g/mol. The number of aromatic hydroxyl groups is 1. The first kappa shape index (κ1) is 30.2. The molecule has 46 heavy (non-hydrogen) atoms. The quantitative estimate of drug-likeness (QED) is 0.196. The molecule has 5 aliphatic rings. The number of piperidine rings is 1. The second-order valence-corrected chi connectivity index (χ2v) is 14.8. The number of benzene rings is 3. The summed E-state index contributed by atoms with van der Waals surface area (Å²) in [5, 5.41) is 39.6. The van der Waals surface area contributed by atoms with Crippen LogP contribution in [0.3, 0.4) is 0 Å². The van der Waals surface area contributed by atoms with Crippen molar-refractivity contribution in [2.75, 3.05) is 26.2 Å². The van der Waals surface area contributed by atoms with Gasteiger partial charge in [0.25, 0.3) is 0 Å². The topological polar surface area (TPSA) is 94.4 Å². The van der Waals surface area contributed by atoms with Gasteiger partial charge in [-0.15, -0.1) is 0 Å². The van der Waals surface area contributed by atoms with Crippen LogP contribution in [-0.4, -0.2) is 69.7 Å². The minimum atomic E-state index is -1.09. The number of hydrogen-bond donors (Lipinski definition) is 4. The van der Waals surface area contributed by atoms with Gasteiger partial charge in [0.05, 0.1) is 11.0 Å². The van der Waals surface area contributed by atoms with E-state index in [1.54, 1.807) is 6.07 Å².